The fraction of sp³-hybridized carbons (Fsp3) is 0.0588. The molecule has 10 aromatic carbocycles. The highest BCUT2D eigenvalue weighted by Crippen LogP contribution is 2.40. The van der Waals surface area contributed by atoms with Crippen LogP contribution in [0, 0.1) is 27.7 Å². The smallest absolute Gasteiger partial charge is 0.0490 e. The first kappa shape index (κ1) is 45.1. The van der Waals surface area contributed by atoms with Gasteiger partial charge in [0.25, 0.3) is 0 Å². The monoisotopic (exact) mass is 900 g/mol. The molecule has 2 heteroatoms. The lowest BCUT2D eigenvalue weighted by Crippen LogP contribution is -2.11. The average Bonchev–Trinajstić information content (AvgIpc) is 3.40. The van der Waals surface area contributed by atoms with E-state index in [1.807, 2.05) is 12.1 Å². The minimum absolute atomic E-state index is 1.12. The van der Waals surface area contributed by atoms with E-state index in [1.165, 1.54) is 78.1 Å². The average molecular weight is 901 g/mol. The quantitative estimate of drug-likeness (QED) is 0.106. The van der Waals surface area contributed by atoms with Gasteiger partial charge in [-0.25, -0.2) is 0 Å². The second-order valence-electron chi connectivity index (χ2n) is 18.2. The molecule has 0 heterocycles. The van der Waals surface area contributed by atoms with Crippen LogP contribution in [0.3, 0.4) is 0 Å². The van der Waals surface area contributed by atoms with Crippen molar-refractivity contribution in [3.63, 3.8) is 0 Å². The van der Waals surface area contributed by atoms with Crippen molar-refractivity contribution in [1.29, 1.82) is 0 Å². The molecule has 0 aromatic heterocycles. The zero-order chi connectivity index (χ0) is 47.8. The molecule has 0 aliphatic heterocycles. The molecule has 0 spiro atoms. The predicted octanol–water partition coefficient (Wildman–Crippen LogP) is 19.2. The second kappa shape index (κ2) is 20.7. The van der Waals surface area contributed by atoms with Gasteiger partial charge in [-0.3, -0.25) is 0 Å². The van der Waals surface area contributed by atoms with Crippen LogP contribution in [0.2, 0.25) is 0 Å². The maximum Gasteiger partial charge on any atom is 0.0490 e. The van der Waals surface area contributed by atoms with Gasteiger partial charge in [0, 0.05) is 34.1 Å². The number of hydrogen-bond acceptors (Lipinski definition) is 2. The van der Waals surface area contributed by atoms with Crippen LogP contribution in [0.5, 0.6) is 0 Å². The zero-order valence-electron chi connectivity index (χ0n) is 40.3. The molecule has 338 valence electrons. The van der Waals surface area contributed by atoms with Gasteiger partial charge in [-0.05, 0) is 155 Å². The van der Waals surface area contributed by atoms with Crippen molar-refractivity contribution in [2.24, 2.45) is 0 Å². The van der Waals surface area contributed by atoms with Crippen molar-refractivity contribution in [1.82, 2.24) is 0 Å². The van der Waals surface area contributed by atoms with E-state index in [1.54, 1.807) is 0 Å². The van der Waals surface area contributed by atoms with Gasteiger partial charge >= 0.3 is 0 Å². The summed E-state index contributed by atoms with van der Waals surface area (Å²) in [4.78, 5) is 4.72. The van der Waals surface area contributed by atoms with E-state index in [-0.39, 0.29) is 0 Å². The molecular weight excluding hydrogens is 845 g/mol. The largest absolute Gasteiger partial charge is 0.310 e. The standard InChI is InChI=1S/C68H56N2/c1-49-15-45-67(51(3)47-49)69(63-37-21-55(22-38-63)19-17-53-11-7-5-8-12-53)65-41-33-61(34-42-65)59-29-25-57(26-30-59)58-27-31-60(32-28-58)62-35-43-66(44-36-62)70(68-46-16-50(2)48-52(68)4)64-39-23-56(24-40-64)20-18-54-13-9-6-10-14-54/h5-48H,1-4H3. The summed E-state index contributed by atoms with van der Waals surface area (Å²) in [6, 6.07) is 87.6. The summed E-state index contributed by atoms with van der Waals surface area (Å²) in [5.41, 5.74) is 23.6. The molecule has 10 aromatic rings. The molecule has 0 saturated heterocycles. The summed E-state index contributed by atoms with van der Waals surface area (Å²) in [6.45, 7) is 8.70. The van der Waals surface area contributed by atoms with Gasteiger partial charge < -0.3 is 9.80 Å². The summed E-state index contributed by atoms with van der Waals surface area (Å²) >= 11 is 0. The number of nitrogens with zero attached hydrogens (tertiary/aromatic N) is 2. The third-order valence-corrected chi connectivity index (χ3v) is 13.0. The van der Waals surface area contributed by atoms with Crippen molar-refractivity contribution in [3.05, 3.63) is 287 Å². The van der Waals surface area contributed by atoms with Crippen molar-refractivity contribution in [2.75, 3.05) is 9.80 Å². The molecule has 2 nitrogen and oxygen atoms in total. The maximum atomic E-state index is 2.36. The lowest BCUT2D eigenvalue weighted by Gasteiger charge is -2.27. The van der Waals surface area contributed by atoms with E-state index in [0.717, 1.165) is 33.9 Å². The molecule has 0 N–H and O–H groups in total. The summed E-state index contributed by atoms with van der Waals surface area (Å²) in [5, 5.41) is 0. The molecule has 0 amide bonds. The SMILES string of the molecule is Cc1ccc(N(c2ccc(C=Cc3ccccc3)cc2)c2ccc(-c3ccc(-c4ccc(-c5ccc(N(c6ccc(C=Cc7ccccc7)cc6)c6ccc(C)cc6C)cc5)cc4)cc3)cc2)c(C)c1. The van der Waals surface area contributed by atoms with Gasteiger partial charge in [0.2, 0.25) is 0 Å². The second-order valence-corrected chi connectivity index (χ2v) is 18.2. The summed E-state index contributed by atoms with van der Waals surface area (Å²) in [5.74, 6) is 0. The maximum absolute atomic E-state index is 2.36. The van der Waals surface area contributed by atoms with E-state index in [2.05, 4.69) is 292 Å². The van der Waals surface area contributed by atoms with Crippen LogP contribution >= 0.6 is 0 Å². The highest BCUT2D eigenvalue weighted by atomic mass is 15.1. The van der Waals surface area contributed by atoms with Crippen molar-refractivity contribution in [2.45, 2.75) is 27.7 Å². The Bertz CT molecular complexity index is 3150. The van der Waals surface area contributed by atoms with Crippen LogP contribution in [0.15, 0.2) is 243 Å². The molecular formula is C68H56N2. The van der Waals surface area contributed by atoms with Crippen LogP contribution in [0.1, 0.15) is 44.5 Å². The first-order valence-electron chi connectivity index (χ1n) is 24.1. The van der Waals surface area contributed by atoms with Crippen molar-refractivity contribution < 1.29 is 0 Å². The lowest BCUT2D eigenvalue weighted by atomic mass is 9.97. The van der Waals surface area contributed by atoms with E-state index in [9.17, 15) is 0 Å². The Morgan fingerprint density at radius 1 is 0.243 bits per heavy atom. The number of hydrogen-bond donors (Lipinski definition) is 0. The normalized spacial score (nSPS) is 11.3. The van der Waals surface area contributed by atoms with E-state index >= 15 is 0 Å². The molecule has 70 heavy (non-hydrogen) atoms. The Morgan fingerprint density at radius 2 is 0.486 bits per heavy atom. The van der Waals surface area contributed by atoms with Crippen molar-refractivity contribution in [3.8, 4) is 33.4 Å². The van der Waals surface area contributed by atoms with E-state index in [4.69, 9.17) is 0 Å². The Balaban J connectivity index is 0.844. The van der Waals surface area contributed by atoms with Crippen LogP contribution < -0.4 is 9.80 Å². The third-order valence-electron chi connectivity index (χ3n) is 13.0. The lowest BCUT2D eigenvalue weighted by molar-refractivity contribution is 1.24. The summed E-state index contributed by atoms with van der Waals surface area (Å²) in [6.07, 6.45) is 8.66. The minimum atomic E-state index is 1.12. The van der Waals surface area contributed by atoms with E-state index < -0.39 is 0 Å². The number of benzene rings is 10. The molecule has 0 aliphatic carbocycles. The van der Waals surface area contributed by atoms with Crippen LogP contribution in [0.25, 0.3) is 57.7 Å². The molecule has 0 radical (unpaired) electrons. The Morgan fingerprint density at radius 3 is 0.757 bits per heavy atom. The molecule has 0 unspecified atom stereocenters. The Labute approximate surface area is 414 Å². The molecule has 0 bridgehead atoms. The summed E-state index contributed by atoms with van der Waals surface area (Å²) < 4.78 is 0. The third kappa shape index (κ3) is 10.4. The van der Waals surface area contributed by atoms with Crippen LogP contribution in [-0.4, -0.2) is 0 Å². The number of aryl methyl sites for hydroxylation is 4. The highest BCUT2D eigenvalue weighted by molar-refractivity contribution is 5.84. The van der Waals surface area contributed by atoms with Gasteiger partial charge in [0.05, 0.1) is 0 Å². The minimum Gasteiger partial charge on any atom is -0.310 e. The van der Waals surface area contributed by atoms with Crippen LogP contribution in [-0.2, 0) is 0 Å². The zero-order valence-corrected chi connectivity index (χ0v) is 40.3. The highest BCUT2D eigenvalue weighted by Gasteiger charge is 2.17. The molecule has 0 aliphatic rings. The fourth-order valence-electron chi connectivity index (χ4n) is 9.27. The van der Waals surface area contributed by atoms with Gasteiger partial charge in [-0.15, -0.1) is 0 Å². The van der Waals surface area contributed by atoms with Gasteiger partial charge in [-0.2, -0.15) is 0 Å². The van der Waals surface area contributed by atoms with Crippen molar-refractivity contribution >= 4 is 58.4 Å². The van der Waals surface area contributed by atoms with Gasteiger partial charge in [-0.1, -0.05) is 217 Å². The molecule has 0 fully saturated rings. The number of anilines is 6. The van der Waals surface area contributed by atoms with E-state index in [0.29, 0.717) is 0 Å². The first-order valence-corrected chi connectivity index (χ1v) is 24.1. The first-order chi connectivity index (χ1) is 34.3. The predicted molar refractivity (Wildman–Crippen MR) is 302 cm³/mol. The Hall–Kier alpha value is -8.72. The van der Waals surface area contributed by atoms with Gasteiger partial charge in [0.1, 0.15) is 0 Å². The Kier molecular flexibility index (Phi) is 13.3. The molecule has 0 saturated carbocycles. The molecule has 0 atom stereocenters. The van der Waals surface area contributed by atoms with Gasteiger partial charge in [0.15, 0.2) is 0 Å². The topological polar surface area (TPSA) is 6.48 Å². The van der Waals surface area contributed by atoms with Crippen LogP contribution in [0.4, 0.5) is 34.1 Å². The molecule has 10 rings (SSSR count). The fourth-order valence-corrected chi connectivity index (χ4v) is 9.27. The number of rotatable bonds is 13. The summed E-state index contributed by atoms with van der Waals surface area (Å²) in [7, 11) is 0.